The van der Waals surface area contributed by atoms with E-state index in [9.17, 15) is 9.90 Å². The zero-order valence-electron chi connectivity index (χ0n) is 8.25. The van der Waals surface area contributed by atoms with Gasteiger partial charge in [0.15, 0.2) is 0 Å². The molecule has 0 heterocycles. The highest BCUT2D eigenvalue weighted by molar-refractivity contribution is 5.75. The van der Waals surface area contributed by atoms with Gasteiger partial charge >= 0.3 is 0 Å². The number of carbonyl (C=O) groups is 1. The van der Waals surface area contributed by atoms with E-state index in [4.69, 9.17) is 0 Å². The SMILES string of the molecule is CC(=O)CCN[C@H]1CC[C@@H](O)CC1. The Morgan fingerprint density at radius 3 is 2.54 bits per heavy atom. The molecule has 1 saturated carbocycles. The molecule has 0 saturated heterocycles. The van der Waals surface area contributed by atoms with E-state index >= 15 is 0 Å². The predicted molar refractivity (Wildman–Crippen MR) is 51.6 cm³/mol. The van der Waals surface area contributed by atoms with Crippen LogP contribution in [0.15, 0.2) is 0 Å². The van der Waals surface area contributed by atoms with E-state index in [0.29, 0.717) is 12.5 Å². The van der Waals surface area contributed by atoms with Crippen LogP contribution in [0.4, 0.5) is 0 Å². The van der Waals surface area contributed by atoms with Gasteiger partial charge in [-0.2, -0.15) is 0 Å². The molecule has 2 N–H and O–H groups in total. The topological polar surface area (TPSA) is 49.3 Å². The Bertz CT molecular complexity index is 162. The number of hydrogen-bond donors (Lipinski definition) is 2. The molecule has 13 heavy (non-hydrogen) atoms. The van der Waals surface area contributed by atoms with Crippen molar-refractivity contribution in [3.63, 3.8) is 0 Å². The molecule has 1 rings (SSSR count). The third kappa shape index (κ3) is 4.39. The van der Waals surface area contributed by atoms with E-state index < -0.39 is 0 Å². The summed E-state index contributed by atoms with van der Waals surface area (Å²) in [7, 11) is 0. The molecular formula is C10H19NO2. The summed E-state index contributed by atoms with van der Waals surface area (Å²) >= 11 is 0. The van der Waals surface area contributed by atoms with Crippen molar-refractivity contribution in [2.45, 2.75) is 51.2 Å². The molecule has 0 unspecified atom stereocenters. The predicted octanol–water partition coefficient (Wildman–Crippen LogP) is 0.859. The summed E-state index contributed by atoms with van der Waals surface area (Å²) in [6, 6.07) is 0.516. The maximum absolute atomic E-state index is 10.7. The van der Waals surface area contributed by atoms with Gasteiger partial charge in [-0.25, -0.2) is 0 Å². The molecule has 0 aromatic carbocycles. The fraction of sp³-hybridized carbons (Fsp3) is 0.900. The molecule has 0 amide bonds. The van der Waals surface area contributed by atoms with Crippen LogP contribution in [0, 0.1) is 0 Å². The minimum absolute atomic E-state index is 0.0918. The first-order valence-corrected chi connectivity index (χ1v) is 5.09. The standard InChI is InChI=1S/C10H19NO2/c1-8(12)6-7-11-9-2-4-10(13)5-3-9/h9-11,13H,2-7H2,1H3/t9-,10+. The van der Waals surface area contributed by atoms with Gasteiger partial charge in [-0.3, -0.25) is 4.79 Å². The minimum Gasteiger partial charge on any atom is -0.393 e. The van der Waals surface area contributed by atoms with Crippen LogP contribution in [-0.4, -0.2) is 29.6 Å². The first-order chi connectivity index (χ1) is 6.18. The molecule has 0 aliphatic heterocycles. The van der Waals surface area contributed by atoms with E-state index in [1.807, 2.05) is 0 Å². The molecule has 0 aromatic rings. The van der Waals surface area contributed by atoms with Gasteiger partial charge < -0.3 is 10.4 Å². The third-order valence-corrected chi connectivity index (χ3v) is 2.61. The van der Waals surface area contributed by atoms with Crippen LogP contribution < -0.4 is 5.32 Å². The molecule has 3 nitrogen and oxygen atoms in total. The highest BCUT2D eigenvalue weighted by Gasteiger charge is 2.18. The number of rotatable bonds is 4. The average molecular weight is 185 g/mol. The van der Waals surface area contributed by atoms with E-state index in [2.05, 4.69) is 5.32 Å². The maximum atomic E-state index is 10.7. The second-order valence-corrected chi connectivity index (χ2v) is 3.91. The second kappa shape index (κ2) is 5.35. The number of carbonyl (C=O) groups excluding carboxylic acids is 1. The van der Waals surface area contributed by atoms with Gasteiger partial charge in [0.1, 0.15) is 5.78 Å². The van der Waals surface area contributed by atoms with Crippen molar-refractivity contribution >= 4 is 5.78 Å². The molecule has 0 radical (unpaired) electrons. The summed E-state index contributed by atoms with van der Waals surface area (Å²) < 4.78 is 0. The van der Waals surface area contributed by atoms with Gasteiger partial charge in [0, 0.05) is 19.0 Å². The van der Waals surface area contributed by atoms with E-state index in [1.165, 1.54) is 0 Å². The molecule has 0 spiro atoms. The first kappa shape index (κ1) is 10.7. The molecule has 0 atom stereocenters. The quantitative estimate of drug-likeness (QED) is 0.683. The van der Waals surface area contributed by atoms with Crippen LogP contribution >= 0.6 is 0 Å². The summed E-state index contributed by atoms with van der Waals surface area (Å²) in [5.41, 5.74) is 0. The Morgan fingerprint density at radius 2 is 2.00 bits per heavy atom. The molecule has 1 aliphatic carbocycles. The lowest BCUT2D eigenvalue weighted by Crippen LogP contribution is -2.35. The van der Waals surface area contributed by atoms with Crippen molar-refractivity contribution in [2.75, 3.05) is 6.54 Å². The minimum atomic E-state index is -0.0918. The monoisotopic (exact) mass is 185 g/mol. The smallest absolute Gasteiger partial charge is 0.131 e. The second-order valence-electron chi connectivity index (χ2n) is 3.91. The highest BCUT2D eigenvalue weighted by Crippen LogP contribution is 2.17. The van der Waals surface area contributed by atoms with Crippen molar-refractivity contribution in [1.82, 2.24) is 5.32 Å². The first-order valence-electron chi connectivity index (χ1n) is 5.09. The number of Topliss-reactive ketones (excluding diaryl/α,β-unsaturated/α-hetero) is 1. The van der Waals surface area contributed by atoms with Crippen LogP contribution in [0.25, 0.3) is 0 Å². The Balaban J connectivity index is 2.05. The lowest BCUT2D eigenvalue weighted by molar-refractivity contribution is -0.116. The normalized spacial score (nSPS) is 28.8. The van der Waals surface area contributed by atoms with Crippen molar-refractivity contribution in [3.05, 3.63) is 0 Å². The number of nitrogens with one attached hydrogen (secondary N) is 1. The molecule has 1 fully saturated rings. The van der Waals surface area contributed by atoms with Gasteiger partial charge in [-0.15, -0.1) is 0 Å². The summed E-state index contributed by atoms with van der Waals surface area (Å²) in [4.78, 5) is 10.7. The molecular weight excluding hydrogens is 166 g/mol. The molecule has 76 valence electrons. The Labute approximate surface area is 79.5 Å². The zero-order chi connectivity index (χ0) is 9.68. The van der Waals surface area contributed by atoms with Crippen molar-refractivity contribution in [1.29, 1.82) is 0 Å². The number of hydrogen-bond acceptors (Lipinski definition) is 3. The molecule has 0 aromatic heterocycles. The van der Waals surface area contributed by atoms with Crippen LogP contribution in [0.3, 0.4) is 0 Å². The fourth-order valence-electron chi connectivity index (χ4n) is 1.73. The van der Waals surface area contributed by atoms with Gasteiger partial charge in [0.2, 0.25) is 0 Å². The number of ketones is 1. The average Bonchev–Trinajstić information content (AvgIpc) is 2.08. The Morgan fingerprint density at radius 1 is 1.38 bits per heavy atom. The molecule has 1 aliphatic rings. The number of aliphatic hydroxyl groups is 1. The van der Waals surface area contributed by atoms with Crippen molar-refractivity contribution < 1.29 is 9.90 Å². The summed E-state index contributed by atoms with van der Waals surface area (Å²) in [6.07, 6.45) is 4.41. The maximum Gasteiger partial charge on any atom is 0.131 e. The van der Waals surface area contributed by atoms with E-state index in [1.54, 1.807) is 6.92 Å². The fourth-order valence-corrected chi connectivity index (χ4v) is 1.73. The number of aliphatic hydroxyl groups excluding tert-OH is 1. The zero-order valence-corrected chi connectivity index (χ0v) is 8.25. The van der Waals surface area contributed by atoms with E-state index in [-0.39, 0.29) is 11.9 Å². The van der Waals surface area contributed by atoms with Gasteiger partial charge in [0.05, 0.1) is 6.10 Å². The molecule has 3 heteroatoms. The highest BCUT2D eigenvalue weighted by atomic mass is 16.3. The van der Waals surface area contributed by atoms with Crippen molar-refractivity contribution in [3.8, 4) is 0 Å². The van der Waals surface area contributed by atoms with Crippen molar-refractivity contribution in [2.24, 2.45) is 0 Å². The third-order valence-electron chi connectivity index (χ3n) is 2.61. The molecule has 0 bridgehead atoms. The van der Waals surface area contributed by atoms with Crippen LogP contribution in [0.2, 0.25) is 0 Å². The van der Waals surface area contributed by atoms with Crippen LogP contribution in [0.1, 0.15) is 39.0 Å². The summed E-state index contributed by atoms with van der Waals surface area (Å²) in [5, 5.41) is 12.6. The lowest BCUT2D eigenvalue weighted by Gasteiger charge is -2.26. The Kier molecular flexibility index (Phi) is 4.39. The summed E-state index contributed by atoms with van der Waals surface area (Å²) in [5.74, 6) is 0.239. The van der Waals surface area contributed by atoms with E-state index in [0.717, 1.165) is 32.2 Å². The van der Waals surface area contributed by atoms with Gasteiger partial charge in [0.25, 0.3) is 0 Å². The lowest BCUT2D eigenvalue weighted by atomic mass is 9.93. The van der Waals surface area contributed by atoms with Gasteiger partial charge in [-0.1, -0.05) is 0 Å². The van der Waals surface area contributed by atoms with Crippen LogP contribution in [0.5, 0.6) is 0 Å². The summed E-state index contributed by atoms with van der Waals surface area (Å²) in [6.45, 7) is 2.41. The van der Waals surface area contributed by atoms with Crippen LogP contribution in [-0.2, 0) is 4.79 Å². The largest absolute Gasteiger partial charge is 0.393 e. The Hall–Kier alpha value is -0.410. The van der Waals surface area contributed by atoms with Gasteiger partial charge in [-0.05, 0) is 32.6 Å².